The average Bonchev–Trinajstić information content (AvgIpc) is 3.44. The minimum Gasteiger partial charge on any atom is -0.299 e. The lowest BCUT2D eigenvalue weighted by atomic mass is 10.1. The van der Waals surface area contributed by atoms with Crippen molar-refractivity contribution < 1.29 is 4.79 Å². The second-order valence-corrected chi connectivity index (χ2v) is 8.81. The van der Waals surface area contributed by atoms with Crippen LogP contribution in [0.15, 0.2) is 106 Å². The normalized spacial score (nSPS) is 16.0. The van der Waals surface area contributed by atoms with Crippen LogP contribution in [0.2, 0.25) is 5.02 Å². The first-order chi connectivity index (χ1) is 16.7. The fourth-order valence-electron chi connectivity index (χ4n) is 3.34. The maximum Gasteiger partial charge on any atom is 0.264 e. The summed E-state index contributed by atoms with van der Waals surface area (Å²) >= 11 is 7.31. The molecule has 34 heavy (non-hydrogen) atoms. The highest BCUT2D eigenvalue weighted by atomic mass is 35.5. The first kappa shape index (κ1) is 21.9. The summed E-state index contributed by atoms with van der Waals surface area (Å²) in [7, 11) is 0. The average molecular weight is 484 g/mol. The number of nitrogens with zero attached hydrogens (tertiary/aromatic N) is 4. The highest BCUT2D eigenvalue weighted by Crippen LogP contribution is 2.31. The smallest absolute Gasteiger partial charge is 0.264 e. The van der Waals surface area contributed by atoms with E-state index >= 15 is 0 Å². The zero-order valence-corrected chi connectivity index (χ0v) is 19.4. The molecule has 0 atom stereocenters. The molecular formula is C26H18ClN5OS. The SMILES string of the molecule is O=C1N/C(=N\N=C\c2ccccc2)S/C1=C/c1cn(-c2ccccc2)nc1-c1ccc(Cl)cc1. The molecule has 1 fully saturated rings. The molecule has 1 aliphatic rings. The number of carbonyl (C=O) groups excluding carboxylic acids is 1. The third kappa shape index (κ3) is 5.01. The van der Waals surface area contributed by atoms with Crippen LogP contribution in [0, 0.1) is 0 Å². The molecule has 1 aliphatic heterocycles. The highest BCUT2D eigenvalue weighted by molar-refractivity contribution is 8.18. The molecule has 4 aromatic rings. The fourth-order valence-corrected chi connectivity index (χ4v) is 4.24. The van der Waals surface area contributed by atoms with Crippen LogP contribution in [0.3, 0.4) is 0 Å². The number of hydrogen-bond acceptors (Lipinski definition) is 5. The van der Waals surface area contributed by atoms with Gasteiger partial charge < -0.3 is 0 Å². The number of carbonyl (C=O) groups is 1. The second-order valence-electron chi connectivity index (χ2n) is 7.35. The third-order valence-corrected chi connectivity index (χ3v) is 6.13. The Morgan fingerprint density at radius 3 is 2.38 bits per heavy atom. The number of benzene rings is 3. The van der Waals surface area contributed by atoms with Crippen molar-refractivity contribution in [3.05, 3.63) is 112 Å². The van der Waals surface area contributed by atoms with E-state index in [-0.39, 0.29) is 5.91 Å². The van der Waals surface area contributed by atoms with Crippen LogP contribution in [0.1, 0.15) is 11.1 Å². The van der Waals surface area contributed by atoms with Crippen LogP contribution in [0.5, 0.6) is 0 Å². The molecule has 3 aromatic carbocycles. The second kappa shape index (κ2) is 9.91. The van der Waals surface area contributed by atoms with Crippen LogP contribution >= 0.6 is 23.4 Å². The van der Waals surface area contributed by atoms with Crippen molar-refractivity contribution in [2.24, 2.45) is 10.2 Å². The summed E-state index contributed by atoms with van der Waals surface area (Å²) in [5, 5.41) is 16.8. The first-order valence-electron chi connectivity index (χ1n) is 10.4. The molecule has 1 aromatic heterocycles. The molecule has 166 valence electrons. The summed E-state index contributed by atoms with van der Waals surface area (Å²) in [5.74, 6) is -0.229. The predicted octanol–water partition coefficient (Wildman–Crippen LogP) is 5.79. The summed E-state index contributed by atoms with van der Waals surface area (Å²) in [6.07, 6.45) is 5.37. The molecule has 0 bridgehead atoms. The number of halogens is 1. The first-order valence-corrected chi connectivity index (χ1v) is 11.6. The number of para-hydroxylation sites is 1. The molecule has 0 aliphatic carbocycles. The lowest BCUT2D eigenvalue weighted by molar-refractivity contribution is -0.115. The van der Waals surface area contributed by atoms with E-state index in [1.165, 1.54) is 11.8 Å². The van der Waals surface area contributed by atoms with Crippen LogP contribution in [0.25, 0.3) is 23.0 Å². The van der Waals surface area contributed by atoms with Crippen molar-refractivity contribution in [2.45, 2.75) is 0 Å². The Labute approximate surface area is 205 Å². The van der Waals surface area contributed by atoms with Gasteiger partial charge in [-0.2, -0.15) is 10.2 Å². The summed E-state index contributed by atoms with van der Waals surface area (Å²) < 4.78 is 1.80. The number of thioether (sulfide) groups is 1. The van der Waals surface area contributed by atoms with E-state index in [1.807, 2.05) is 97.2 Å². The molecule has 0 radical (unpaired) electrons. The molecular weight excluding hydrogens is 466 g/mol. The van der Waals surface area contributed by atoms with Gasteiger partial charge in [-0.1, -0.05) is 72.3 Å². The number of aromatic nitrogens is 2. The number of amides is 1. The summed E-state index contributed by atoms with van der Waals surface area (Å²) in [6.45, 7) is 0. The van der Waals surface area contributed by atoms with E-state index in [0.29, 0.717) is 15.1 Å². The summed E-state index contributed by atoms with van der Waals surface area (Å²) in [6, 6.07) is 26.9. The number of amidine groups is 1. The van der Waals surface area contributed by atoms with Crippen molar-refractivity contribution in [3.8, 4) is 16.9 Å². The Morgan fingerprint density at radius 2 is 1.65 bits per heavy atom. The minimum absolute atomic E-state index is 0.229. The van der Waals surface area contributed by atoms with Crippen LogP contribution in [-0.2, 0) is 4.79 Å². The van der Waals surface area contributed by atoms with E-state index in [1.54, 1.807) is 10.9 Å². The minimum atomic E-state index is -0.229. The lowest BCUT2D eigenvalue weighted by Gasteiger charge is -2.01. The molecule has 0 saturated carbocycles. The molecule has 8 heteroatoms. The number of nitrogens with one attached hydrogen (secondary N) is 1. The van der Waals surface area contributed by atoms with E-state index in [0.717, 1.165) is 28.1 Å². The Morgan fingerprint density at radius 1 is 0.941 bits per heavy atom. The van der Waals surface area contributed by atoms with E-state index in [2.05, 4.69) is 15.5 Å². The Balaban J connectivity index is 1.46. The monoisotopic (exact) mass is 483 g/mol. The van der Waals surface area contributed by atoms with Gasteiger partial charge in [0.1, 0.15) is 0 Å². The standard InChI is InChI=1S/C26H18ClN5OS/c27-21-13-11-19(12-14-21)24-20(17-32(31-24)22-9-5-2-6-10-22)15-23-25(33)29-26(34-23)30-28-16-18-7-3-1-4-8-18/h1-17H,(H,29,30,33)/b23-15+,28-16+. The van der Waals surface area contributed by atoms with Gasteiger partial charge in [-0.3, -0.25) is 10.1 Å². The Hall–Kier alpha value is -3.94. The number of hydrogen-bond donors (Lipinski definition) is 1. The lowest BCUT2D eigenvalue weighted by Crippen LogP contribution is -2.19. The molecule has 0 unspecified atom stereocenters. The fraction of sp³-hybridized carbons (Fsp3) is 0. The quantitative estimate of drug-likeness (QED) is 0.222. The molecule has 0 spiro atoms. The van der Waals surface area contributed by atoms with Crippen molar-refractivity contribution >= 4 is 46.7 Å². The Bertz CT molecular complexity index is 1410. The van der Waals surface area contributed by atoms with Gasteiger partial charge in [-0.15, -0.1) is 5.10 Å². The zero-order chi connectivity index (χ0) is 23.3. The van der Waals surface area contributed by atoms with Crippen LogP contribution < -0.4 is 5.32 Å². The maximum absolute atomic E-state index is 12.6. The van der Waals surface area contributed by atoms with Crippen molar-refractivity contribution in [1.29, 1.82) is 0 Å². The van der Waals surface area contributed by atoms with Crippen molar-refractivity contribution in [3.63, 3.8) is 0 Å². The largest absolute Gasteiger partial charge is 0.299 e. The maximum atomic E-state index is 12.6. The van der Waals surface area contributed by atoms with Gasteiger partial charge in [0.25, 0.3) is 5.91 Å². The molecule has 2 heterocycles. The van der Waals surface area contributed by atoms with Gasteiger partial charge in [0, 0.05) is 22.3 Å². The van der Waals surface area contributed by atoms with Gasteiger partial charge in [0.2, 0.25) is 0 Å². The van der Waals surface area contributed by atoms with Gasteiger partial charge in [-0.05, 0) is 47.7 Å². The van der Waals surface area contributed by atoms with E-state index < -0.39 is 0 Å². The molecule has 1 saturated heterocycles. The van der Waals surface area contributed by atoms with Gasteiger partial charge in [0.15, 0.2) is 5.17 Å². The Kier molecular flexibility index (Phi) is 6.38. The van der Waals surface area contributed by atoms with Crippen LogP contribution in [0.4, 0.5) is 0 Å². The van der Waals surface area contributed by atoms with Crippen molar-refractivity contribution in [1.82, 2.24) is 15.1 Å². The topological polar surface area (TPSA) is 71.6 Å². The summed E-state index contributed by atoms with van der Waals surface area (Å²) in [4.78, 5) is 13.1. The van der Waals surface area contributed by atoms with Gasteiger partial charge in [0.05, 0.1) is 22.5 Å². The predicted molar refractivity (Wildman–Crippen MR) is 139 cm³/mol. The third-order valence-electron chi connectivity index (χ3n) is 4.97. The summed E-state index contributed by atoms with van der Waals surface area (Å²) in [5.41, 5.74) is 4.30. The molecule has 5 rings (SSSR count). The molecule has 1 N–H and O–H groups in total. The van der Waals surface area contributed by atoms with Crippen LogP contribution in [-0.4, -0.2) is 27.1 Å². The van der Waals surface area contributed by atoms with Gasteiger partial charge >= 0.3 is 0 Å². The van der Waals surface area contributed by atoms with E-state index in [4.69, 9.17) is 16.7 Å². The van der Waals surface area contributed by atoms with Gasteiger partial charge in [-0.25, -0.2) is 4.68 Å². The molecule has 1 amide bonds. The van der Waals surface area contributed by atoms with E-state index in [9.17, 15) is 4.79 Å². The zero-order valence-electron chi connectivity index (χ0n) is 17.8. The highest BCUT2D eigenvalue weighted by Gasteiger charge is 2.25. The van der Waals surface area contributed by atoms with Crippen molar-refractivity contribution in [2.75, 3.05) is 0 Å². The number of rotatable bonds is 5. The molecule has 6 nitrogen and oxygen atoms in total.